The van der Waals surface area contributed by atoms with Crippen LogP contribution in [0.15, 0.2) is 0 Å². The topological polar surface area (TPSA) is 66.9 Å². The van der Waals surface area contributed by atoms with Crippen molar-refractivity contribution in [3.63, 3.8) is 0 Å². The number of nitrogens with zero attached hydrogens (tertiary/aromatic N) is 3. The Kier molecular flexibility index (Phi) is 7.48. The van der Waals surface area contributed by atoms with Crippen LogP contribution >= 0.6 is 0 Å². The van der Waals surface area contributed by atoms with Gasteiger partial charge in [-0.05, 0) is 12.8 Å². The average Bonchev–Trinajstić information content (AvgIpc) is 2.27. The molecule has 0 radical (unpaired) electrons. The van der Waals surface area contributed by atoms with Gasteiger partial charge in [-0.2, -0.15) is 0 Å². The average molecular weight is 228 g/mol. The van der Waals surface area contributed by atoms with Crippen molar-refractivity contribution in [2.45, 2.75) is 52.4 Å². The van der Waals surface area contributed by atoms with Gasteiger partial charge in [0.25, 0.3) is 5.03 Å². The first-order chi connectivity index (χ1) is 7.63. The molecule has 0 amide bonds. The minimum Gasteiger partial charge on any atom is -0.206 e. The number of rotatable bonds is 9. The molecule has 0 aliphatic rings. The van der Waals surface area contributed by atoms with Gasteiger partial charge >= 0.3 is 6.19 Å². The quantitative estimate of drug-likeness (QED) is 0.200. The van der Waals surface area contributed by atoms with Gasteiger partial charge in [-0.25, -0.2) is 10.1 Å². The summed E-state index contributed by atoms with van der Waals surface area (Å²) in [4.78, 5) is 11.0. The van der Waals surface area contributed by atoms with Gasteiger partial charge in [0.1, 0.15) is 0 Å². The number of nitriles is 1. The van der Waals surface area contributed by atoms with Crippen molar-refractivity contribution in [2.24, 2.45) is 0 Å². The molecule has 0 atom stereocenters. The first-order valence-corrected chi connectivity index (χ1v) is 6.06. The first-order valence-electron chi connectivity index (χ1n) is 6.06. The summed E-state index contributed by atoms with van der Waals surface area (Å²) in [6, 6.07) is 0. The maximum absolute atomic E-state index is 11.0. The highest BCUT2D eigenvalue weighted by atomic mass is 16.7. The van der Waals surface area contributed by atoms with Crippen LogP contribution in [0.25, 0.3) is 0 Å². The fraction of sp³-hybridized carbons (Fsp3) is 0.909. The third-order valence-corrected chi connectivity index (χ3v) is 2.76. The summed E-state index contributed by atoms with van der Waals surface area (Å²) in [6.45, 7) is 4.76. The molecule has 0 saturated carbocycles. The SMILES string of the molecule is CCCCC[N+](C#N)(CCCCC)[N+](=O)[O-]. The van der Waals surface area contributed by atoms with Crippen LogP contribution in [0.1, 0.15) is 52.4 Å². The lowest BCUT2D eigenvalue weighted by molar-refractivity contribution is -1.29. The van der Waals surface area contributed by atoms with Crippen molar-refractivity contribution in [3.8, 4) is 6.19 Å². The molecule has 0 bridgehead atoms. The molecule has 0 fully saturated rings. The Hall–Kier alpha value is -1.15. The van der Waals surface area contributed by atoms with Crippen molar-refractivity contribution >= 4 is 0 Å². The molecule has 0 N–H and O–H groups in total. The summed E-state index contributed by atoms with van der Waals surface area (Å²) in [5.74, 6) is 0. The van der Waals surface area contributed by atoms with E-state index in [2.05, 4.69) is 0 Å². The minimum atomic E-state index is -0.625. The number of hydrogen-bond acceptors (Lipinski definition) is 3. The fourth-order valence-corrected chi connectivity index (χ4v) is 1.66. The van der Waals surface area contributed by atoms with Crippen LogP contribution in [-0.4, -0.2) is 22.7 Å². The molecule has 16 heavy (non-hydrogen) atoms. The predicted octanol–water partition coefficient (Wildman–Crippen LogP) is 2.86. The third kappa shape index (κ3) is 4.58. The molecule has 0 aromatic carbocycles. The normalized spacial score (nSPS) is 11.1. The molecule has 0 aliphatic carbocycles. The highest BCUT2D eigenvalue weighted by Crippen LogP contribution is 2.12. The summed E-state index contributed by atoms with van der Waals surface area (Å²) < 4.78 is -0.625. The van der Waals surface area contributed by atoms with E-state index in [1.807, 2.05) is 20.0 Å². The van der Waals surface area contributed by atoms with E-state index in [0.29, 0.717) is 13.1 Å². The van der Waals surface area contributed by atoms with Crippen LogP contribution in [0.2, 0.25) is 0 Å². The van der Waals surface area contributed by atoms with E-state index in [1.165, 1.54) is 0 Å². The second-order valence-corrected chi connectivity index (χ2v) is 4.12. The van der Waals surface area contributed by atoms with E-state index in [1.54, 1.807) is 0 Å². The molecule has 0 rings (SSSR count). The Labute approximate surface area is 97.4 Å². The molecular formula is C11H22N3O2+. The van der Waals surface area contributed by atoms with Crippen molar-refractivity contribution in [1.29, 1.82) is 5.26 Å². The van der Waals surface area contributed by atoms with E-state index in [-0.39, 0.29) is 0 Å². The zero-order valence-corrected chi connectivity index (χ0v) is 10.3. The van der Waals surface area contributed by atoms with Crippen molar-refractivity contribution in [3.05, 3.63) is 10.1 Å². The Balaban J connectivity index is 4.35. The van der Waals surface area contributed by atoms with E-state index < -0.39 is 9.62 Å². The van der Waals surface area contributed by atoms with Crippen LogP contribution in [0.3, 0.4) is 0 Å². The monoisotopic (exact) mass is 228 g/mol. The van der Waals surface area contributed by atoms with E-state index in [0.717, 1.165) is 38.5 Å². The van der Waals surface area contributed by atoms with Crippen LogP contribution in [0.4, 0.5) is 0 Å². The molecule has 92 valence electrons. The van der Waals surface area contributed by atoms with Gasteiger partial charge in [-0.3, -0.25) is 0 Å². The molecule has 0 aliphatic heterocycles. The summed E-state index contributed by atoms with van der Waals surface area (Å²) in [5.41, 5.74) is 0. The zero-order valence-electron chi connectivity index (χ0n) is 10.3. The third-order valence-electron chi connectivity index (χ3n) is 2.76. The highest BCUT2D eigenvalue weighted by Gasteiger charge is 2.40. The van der Waals surface area contributed by atoms with Crippen LogP contribution in [-0.2, 0) is 0 Å². The Bertz CT molecular complexity index is 238. The summed E-state index contributed by atoms with van der Waals surface area (Å²) in [7, 11) is 0. The van der Waals surface area contributed by atoms with Gasteiger partial charge < -0.3 is 0 Å². The standard InChI is InChI=1S/C11H22N3O2/c1-3-5-7-9-14(11-12,13(15)16)10-8-6-4-2/h3-10H2,1-2H3/q+1. The Morgan fingerprint density at radius 1 is 1.12 bits per heavy atom. The maximum Gasteiger partial charge on any atom is 0.376 e. The van der Waals surface area contributed by atoms with Gasteiger partial charge in [0, 0.05) is 17.4 Å². The summed E-state index contributed by atoms with van der Waals surface area (Å²) in [6.07, 6.45) is 7.29. The van der Waals surface area contributed by atoms with Crippen molar-refractivity contribution < 1.29 is 9.62 Å². The van der Waals surface area contributed by atoms with Crippen molar-refractivity contribution in [1.82, 2.24) is 0 Å². The van der Waals surface area contributed by atoms with E-state index in [4.69, 9.17) is 5.26 Å². The lowest BCUT2D eigenvalue weighted by Crippen LogP contribution is -2.49. The van der Waals surface area contributed by atoms with Gasteiger partial charge in [0.15, 0.2) is 13.1 Å². The number of quaternary nitrogens is 1. The molecule has 0 aromatic heterocycles. The van der Waals surface area contributed by atoms with E-state index >= 15 is 0 Å². The lowest BCUT2D eigenvalue weighted by Gasteiger charge is -2.17. The smallest absolute Gasteiger partial charge is 0.206 e. The second-order valence-electron chi connectivity index (χ2n) is 4.12. The number of hydrogen-bond donors (Lipinski definition) is 0. The summed E-state index contributed by atoms with van der Waals surface area (Å²) >= 11 is 0. The second kappa shape index (κ2) is 8.05. The molecule has 0 saturated heterocycles. The van der Waals surface area contributed by atoms with Gasteiger partial charge in [0.05, 0.1) is 0 Å². The lowest BCUT2D eigenvalue weighted by atomic mass is 10.2. The Morgan fingerprint density at radius 3 is 1.81 bits per heavy atom. The van der Waals surface area contributed by atoms with Crippen molar-refractivity contribution in [2.75, 3.05) is 13.1 Å². The maximum atomic E-state index is 11.0. The van der Waals surface area contributed by atoms with Crippen LogP contribution < -0.4 is 0 Å². The van der Waals surface area contributed by atoms with E-state index in [9.17, 15) is 10.1 Å². The van der Waals surface area contributed by atoms with Gasteiger partial charge in [-0.15, -0.1) is 5.26 Å². The first kappa shape index (κ1) is 14.8. The molecule has 0 aromatic rings. The molecule has 0 heterocycles. The minimum absolute atomic E-state index is 0.334. The van der Waals surface area contributed by atoms with Gasteiger partial charge in [-0.1, -0.05) is 26.7 Å². The number of nitro groups is 1. The molecular weight excluding hydrogens is 206 g/mol. The highest BCUT2D eigenvalue weighted by molar-refractivity contribution is 4.53. The molecule has 0 unspecified atom stereocenters. The van der Waals surface area contributed by atoms with Crippen LogP contribution in [0, 0.1) is 21.6 Å². The molecule has 5 heteroatoms. The molecule has 0 spiro atoms. The summed E-state index contributed by atoms with van der Waals surface area (Å²) in [5, 5.41) is 19.6. The van der Waals surface area contributed by atoms with Crippen LogP contribution in [0.5, 0.6) is 0 Å². The zero-order chi connectivity index (χ0) is 12.4. The largest absolute Gasteiger partial charge is 0.376 e. The fourth-order valence-electron chi connectivity index (χ4n) is 1.66. The number of unbranched alkanes of at least 4 members (excludes halogenated alkanes) is 4. The Morgan fingerprint density at radius 2 is 1.56 bits per heavy atom. The predicted molar refractivity (Wildman–Crippen MR) is 61.7 cm³/mol. The van der Waals surface area contributed by atoms with Gasteiger partial charge in [0.2, 0.25) is 0 Å². The molecule has 5 nitrogen and oxygen atoms in total.